The minimum Gasteiger partial charge on any atom is -0.396 e. The molecule has 134 valence electrons. The molecule has 1 N–H and O–H groups in total. The fraction of sp³-hybridized carbons (Fsp3) is 0.864. The maximum absolute atomic E-state index is 12.9. The van der Waals surface area contributed by atoms with Crippen LogP contribution in [0.1, 0.15) is 72.1 Å². The molecule has 3 saturated carbocycles. The van der Waals surface area contributed by atoms with E-state index in [1.165, 1.54) is 37.7 Å². The van der Waals surface area contributed by atoms with Crippen LogP contribution in [-0.4, -0.2) is 17.5 Å². The highest BCUT2D eigenvalue weighted by molar-refractivity contribution is 5.89. The van der Waals surface area contributed by atoms with E-state index in [2.05, 4.69) is 26.8 Å². The average Bonchev–Trinajstić information content (AvgIpc) is 2.92. The van der Waals surface area contributed by atoms with Crippen molar-refractivity contribution in [2.24, 2.45) is 40.4 Å². The van der Waals surface area contributed by atoms with Crippen molar-refractivity contribution < 1.29 is 9.90 Å². The number of ketones is 1. The van der Waals surface area contributed by atoms with Gasteiger partial charge in [-0.05, 0) is 86.9 Å². The lowest BCUT2D eigenvalue weighted by atomic mass is 9.46. The lowest BCUT2D eigenvalue weighted by Gasteiger charge is -2.57. The third-order valence-corrected chi connectivity index (χ3v) is 8.98. The molecule has 0 heterocycles. The van der Waals surface area contributed by atoms with Gasteiger partial charge in [-0.2, -0.15) is 0 Å². The first-order chi connectivity index (χ1) is 11.4. The molecule has 3 fully saturated rings. The molecule has 0 amide bonds. The van der Waals surface area contributed by atoms with Gasteiger partial charge in [0.25, 0.3) is 0 Å². The van der Waals surface area contributed by atoms with Crippen LogP contribution in [0.25, 0.3) is 0 Å². The fourth-order valence-electron chi connectivity index (χ4n) is 7.67. The third kappa shape index (κ3) is 2.08. The second-order valence-electron chi connectivity index (χ2n) is 9.70. The lowest BCUT2D eigenvalue weighted by Crippen LogP contribution is -2.53. The monoisotopic (exact) mass is 330 g/mol. The quantitative estimate of drug-likeness (QED) is 0.741. The second-order valence-corrected chi connectivity index (χ2v) is 9.70. The van der Waals surface area contributed by atoms with Crippen LogP contribution in [0.3, 0.4) is 0 Å². The van der Waals surface area contributed by atoms with Crippen molar-refractivity contribution in [3.63, 3.8) is 0 Å². The van der Waals surface area contributed by atoms with Crippen molar-refractivity contribution in [2.45, 2.75) is 72.1 Å². The van der Waals surface area contributed by atoms with Crippen molar-refractivity contribution in [3.05, 3.63) is 11.6 Å². The fourth-order valence-corrected chi connectivity index (χ4v) is 7.67. The minimum absolute atomic E-state index is 0.150. The number of Topliss-reactive ketones (excluding diaryl/α,β-unsaturated/α-hetero) is 1. The van der Waals surface area contributed by atoms with Crippen LogP contribution >= 0.6 is 0 Å². The molecule has 4 aliphatic rings. The molecule has 24 heavy (non-hydrogen) atoms. The van der Waals surface area contributed by atoms with E-state index in [-0.39, 0.29) is 5.41 Å². The average molecular weight is 331 g/mol. The van der Waals surface area contributed by atoms with Crippen molar-refractivity contribution in [1.29, 1.82) is 0 Å². The molecule has 4 rings (SSSR count). The highest BCUT2D eigenvalue weighted by atomic mass is 16.3. The number of carbonyl (C=O) groups is 1. The number of aliphatic hydroxyl groups excluding tert-OH is 1. The smallest absolute Gasteiger partial charge is 0.143 e. The van der Waals surface area contributed by atoms with Gasteiger partial charge in [0.2, 0.25) is 0 Å². The van der Waals surface area contributed by atoms with Gasteiger partial charge in [0.15, 0.2) is 0 Å². The first kappa shape index (κ1) is 16.8. The number of allylic oxidation sites excluding steroid dienone is 2. The molecule has 0 aliphatic heterocycles. The summed E-state index contributed by atoms with van der Waals surface area (Å²) in [5.74, 6) is 3.68. The van der Waals surface area contributed by atoms with E-state index < -0.39 is 0 Å². The van der Waals surface area contributed by atoms with Gasteiger partial charge in [0.05, 0.1) is 5.41 Å². The molecule has 2 nitrogen and oxygen atoms in total. The van der Waals surface area contributed by atoms with Gasteiger partial charge in [0.1, 0.15) is 5.78 Å². The lowest BCUT2D eigenvalue weighted by molar-refractivity contribution is -0.137. The van der Waals surface area contributed by atoms with Gasteiger partial charge in [0, 0.05) is 13.0 Å². The molecule has 0 bridgehead atoms. The zero-order chi connectivity index (χ0) is 17.1. The molecule has 0 spiro atoms. The normalized spacial score (nSPS) is 49.0. The van der Waals surface area contributed by atoms with Gasteiger partial charge in [-0.15, -0.1) is 0 Å². The van der Waals surface area contributed by atoms with E-state index in [4.69, 9.17) is 0 Å². The van der Waals surface area contributed by atoms with Crippen LogP contribution < -0.4 is 0 Å². The second kappa shape index (κ2) is 5.69. The van der Waals surface area contributed by atoms with Crippen LogP contribution in [0, 0.1) is 40.4 Å². The van der Waals surface area contributed by atoms with Crippen molar-refractivity contribution >= 4 is 5.78 Å². The van der Waals surface area contributed by atoms with Crippen LogP contribution in [0.2, 0.25) is 0 Å². The molecule has 7 atom stereocenters. The first-order valence-electron chi connectivity index (χ1n) is 10.3. The summed E-state index contributed by atoms with van der Waals surface area (Å²) in [6.07, 6.45) is 11.6. The highest BCUT2D eigenvalue weighted by Gasteiger charge is 2.60. The van der Waals surface area contributed by atoms with E-state index in [0.29, 0.717) is 35.6 Å². The Hall–Kier alpha value is -0.630. The summed E-state index contributed by atoms with van der Waals surface area (Å²) in [5, 5.41) is 9.71. The van der Waals surface area contributed by atoms with Crippen LogP contribution in [0.4, 0.5) is 0 Å². The molecule has 0 aromatic rings. The van der Waals surface area contributed by atoms with Gasteiger partial charge in [-0.1, -0.05) is 25.5 Å². The number of rotatable bonds is 2. The Morgan fingerprint density at radius 3 is 2.71 bits per heavy atom. The summed E-state index contributed by atoms with van der Waals surface area (Å²) in [5.41, 5.74) is 1.71. The Bertz CT molecular complexity index is 564. The minimum atomic E-state index is -0.150. The Balaban J connectivity index is 1.66. The van der Waals surface area contributed by atoms with E-state index in [1.807, 2.05) is 0 Å². The first-order valence-corrected chi connectivity index (χ1v) is 10.3. The molecule has 1 unspecified atom stereocenters. The van der Waals surface area contributed by atoms with Crippen molar-refractivity contribution in [2.75, 3.05) is 6.61 Å². The summed E-state index contributed by atoms with van der Waals surface area (Å²) in [7, 11) is 0. The summed E-state index contributed by atoms with van der Waals surface area (Å²) < 4.78 is 0. The summed E-state index contributed by atoms with van der Waals surface area (Å²) in [4.78, 5) is 12.9. The Morgan fingerprint density at radius 1 is 1.17 bits per heavy atom. The zero-order valence-corrected chi connectivity index (χ0v) is 15.7. The van der Waals surface area contributed by atoms with Crippen molar-refractivity contribution in [1.82, 2.24) is 0 Å². The summed E-state index contributed by atoms with van der Waals surface area (Å²) >= 11 is 0. The number of carbonyl (C=O) groups excluding carboxylic acids is 1. The van der Waals surface area contributed by atoms with E-state index in [1.54, 1.807) is 0 Å². The standard InChI is InChI=1S/C22H34O2/c1-14(13-23)17-9-10-18-16-8-7-15-5-4-6-20(24)22(15,3)19(16)11-12-21(17,18)2/h5,14,16-19,23H,4,6-13H2,1-3H3/t14?,16-,17+,18-,19-,21+,22-/m0/s1. The van der Waals surface area contributed by atoms with E-state index in [0.717, 1.165) is 31.1 Å². The van der Waals surface area contributed by atoms with Crippen LogP contribution in [0.5, 0.6) is 0 Å². The van der Waals surface area contributed by atoms with E-state index in [9.17, 15) is 9.90 Å². The maximum Gasteiger partial charge on any atom is 0.143 e. The number of hydrogen-bond acceptors (Lipinski definition) is 2. The predicted molar refractivity (Wildman–Crippen MR) is 96.4 cm³/mol. The van der Waals surface area contributed by atoms with Crippen LogP contribution in [-0.2, 0) is 4.79 Å². The number of fused-ring (bicyclic) bond motifs is 5. The molecular weight excluding hydrogens is 296 g/mol. The van der Waals surface area contributed by atoms with Gasteiger partial charge < -0.3 is 5.11 Å². The molecular formula is C22H34O2. The van der Waals surface area contributed by atoms with Gasteiger partial charge in [-0.3, -0.25) is 4.79 Å². The summed E-state index contributed by atoms with van der Waals surface area (Å²) in [6.45, 7) is 7.35. The number of aliphatic hydroxyl groups is 1. The Labute approximate surface area is 147 Å². The highest BCUT2D eigenvalue weighted by Crippen LogP contribution is 2.67. The van der Waals surface area contributed by atoms with Gasteiger partial charge >= 0.3 is 0 Å². The zero-order valence-electron chi connectivity index (χ0n) is 15.7. The molecule has 0 aromatic carbocycles. The Kier molecular flexibility index (Phi) is 3.99. The van der Waals surface area contributed by atoms with E-state index >= 15 is 0 Å². The molecule has 0 radical (unpaired) electrons. The topological polar surface area (TPSA) is 37.3 Å². The van der Waals surface area contributed by atoms with Crippen LogP contribution in [0.15, 0.2) is 11.6 Å². The van der Waals surface area contributed by atoms with Gasteiger partial charge in [-0.25, -0.2) is 0 Å². The molecule has 4 aliphatic carbocycles. The number of hydrogen-bond donors (Lipinski definition) is 1. The predicted octanol–water partition coefficient (Wildman–Crippen LogP) is 4.76. The van der Waals surface area contributed by atoms with Crippen molar-refractivity contribution in [3.8, 4) is 0 Å². The third-order valence-electron chi connectivity index (χ3n) is 8.98. The largest absolute Gasteiger partial charge is 0.396 e. The SMILES string of the molecule is CC(CO)[C@H]1CC[C@H]2[C@@H]3CCC4=CCCC(=O)[C@]4(C)[C@H]3CC[C@]12C. The summed E-state index contributed by atoms with van der Waals surface area (Å²) in [6, 6.07) is 0. The molecule has 2 heteroatoms. The molecule has 0 saturated heterocycles. The molecule has 0 aromatic heterocycles. The Morgan fingerprint density at radius 2 is 1.96 bits per heavy atom. The maximum atomic E-state index is 12.9.